The molecule has 1 aliphatic rings. The van der Waals surface area contributed by atoms with Gasteiger partial charge in [-0.3, -0.25) is 20.2 Å². The van der Waals surface area contributed by atoms with Crippen LogP contribution in [-0.2, 0) is 9.59 Å². The molecule has 0 aromatic carbocycles. The van der Waals surface area contributed by atoms with Gasteiger partial charge < -0.3 is 0 Å². The number of carbonyl (C=O) groups is 4. The minimum Gasteiger partial charge on any atom is -0.280 e. The van der Waals surface area contributed by atoms with Crippen molar-refractivity contribution in [3.63, 3.8) is 0 Å². The van der Waals surface area contributed by atoms with Gasteiger partial charge in [0.05, 0.1) is 0 Å². The molecule has 0 radical (unpaired) electrons. The molecule has 0 unspecified atom stereocenters. The van der Waals surface area contributed by atoms with Crippen molar-refractivity contribution in [3.8, 4) is 0 Å². The smallest absolute Gasteiger partial charge is 0.280 e. The molecule has 2 N–H and O–H groups in total. The summed E-state index contributed by atoms with van der Waals surface area (Å²) in [5, 5.41) is 3.82. The van der Waals surface area contributed by atoms with Crippen LogP contribution in [0.15, 0.2) is 0 Å². The van der Waals surface area contributed by atoms with E-state index in [1.54, 1.807) is 0 Å². The lowest BCUT2D eigenvalue weighted by atomic mass is 9.94. The van der Waals surface area contributed by atoms with Gasteiger partial charge in [0.2, 0.25) is 12.8 Å². The maximum atomic E-state index is 11.6. The second kappa shape index (κ2) is 6.62. The highest BCUT2D eigenvalue weighted by Gasteiger charge is 2.30. The van der Waals surface area contributed by atoms with Crippen LogP contribution in [-0.4, -0.2) is 35.8 Å². The first-order chi connectivity index (χ1) is 8.20. The van der Waals surface area contributed by atoms with Gasteiger partial charge in [-0.05, 0) is 12.8 Å². The Hall–Kier alpha value is -1.92. The Balaban J connectivity index is 2.75. The number of hydrogen-bond donors (Lipinski definition) is 2. The van der Waals surface area contributed by atoms with Gasteiger partial charge in [0.25, 0.3) is 0 Å². The molecular weight excluding hydrogens is 226 g/mol. The normalized spacial score (nSPS) is 15.8. The van der Waals surface area contributed by atoms with Gasteiger partial charge in [-0.25, -0.2) is 14.5 Å². The lowest BCUT2D eigenvalue weighted by Crippen LogP contribution is -2.53. The fourth-order valence-corrected chi connectivity index (χ4v) is 2.00. The summed E-state index contributed by atoms with van der Waals surface area (Å²) in [5.74, 6) is 0. The van der Waals surface area contributed by atoms with E-state index in [9.17, 15) is 19.2 Å². The highest BCUT2D eigenvalue weighted by atomic mass is 16.2. The van der Waals surface area contributed by atoms with Crippen LogP contribution in [0.25, 0.3) is 0 Å². The van der Waals surface area contributed by atoms with Crippen molar-refractivity contribution in [1.82, 2.24) is 15.5 Å². The van der Waals surface area contributed by atoms with Gasteiger partial charge >= 0.3 is 12.1 Å². The monoisotopic (exact) mass is 241 g/mol. The minimum atomic E-state index is -0.800. The lowest BCUT2D eigenvalue weighted by Gasteiger charge is -2.31. The van der Waals surface area contributed by atoms with Crippen molar-refractivity contribution in [3.05, 3.63) is 0 Å². The number of urea groups is 2. The van der Waals surface area contributed by atoms with E-state index in [2.05, 4.69) is 0 Å². The zero-order valence-corrected chi connectivity index (χ0v) is 9.35. The summed E-state index contributed by atoms with van der Waals surface area (Å²) in [6, 6.07) is -1.86. The van der Waals surface area contributed by atoms with Gasteiger partial charge in [0.15, 0.2) is 0 Å². The van der Waals surface area contributed by atoms with E-state index < -0.39 is 12.1 Å². The highest BCUT2D eigenvalue weighted by molar-refractivity contribution is 6.00. The lowest BCUT2D eigenvalue weighted by molar-refractivity contribution is -0.109. The van der Waals surface area contributed by atoms with Crippen LogP contribution < -0.4 is 10.6 Å². The third-order valence-corrected chi connectivity index (χ3v) is 2.74. The zero-order valence-electron chi connectivity index (χ0n) is 9.35. The van der Waals surface area contributed by atoms with E-state index in [4.69, 9.17) is 0 Å². The summed E-state index contributed by atoms with van der Waals surface area (Å²) in [5.41, 5.74) is 0. The van der Waals surface area contributed by atoms with Crippen LogP contribution in [0.1, 0.15) is 32.1 Å². The fourth-order valence-electron chi connectivity index (χ4n) is 2.00. The van der Waals surface area contributed by atoms with E-state index in [0.717, 1.165) is 24.2 Å². The van der Waals surface area contributed by atoms with Gasteiger partial charge in [-0.2, -0.15) is 0 Å². The van der Waals surface area contributed by atoms with Crippen molar-refractivity contribution in [2.24, 2.45) is 0 Å². The van der Waals surface area contributed by atoms with E-state index in [0.29, 0.717) is 12.8 Å². The number of rotatable bonds is 3. The topological polar surface area (TPSA) is 95.6 Å². The third-order valence-electron chi connectivity index (χ3n) is 2.74. The van der Waals surface area contributed by atoms with Gasteiger partial charge in [0.1, 0.15) is 0 Å². The largest absolute Gasteiger partial charge is 0.332 e. The molecule has 0 bridgehead atoms. The summed E-state index contributed by atoms with van der Waals surface area (Å²) in [7, 11) is 0. The molecule has 0 spiro atoms. The Kier molecular flexibility index (Phi) is 5.12. The van der Waals surface area contributed by atoms with Crippen LogP contribution in [0.3, 0.4) is 0 Å². The molecule has 1 fully saturated rings. The van der Waals surface area contributed by atoms with Crippen molar-refractivity contribution >= 4 is 24.9 Å². The molecule has 0 atom stereocenters. The fraction of sp³-hybridized carbons (Fsp3) is 0.600. The van der Waals surface area contributed by atoms with Crippen LogP contribution >= 0.6 is 0 Å². The summed E-state index contributed by atoms with van der Waals surface area (Å²) >= 11 is 0. The van der Waals surface area contributed by atoms with Crippen molar-refractivity contribution in [2.45, 2.75) is 38.1 Å². The molecule has 7 nitrogen and oxygen atoms in total. The van der Waals surface area contributed by atoms with Crippen molar-refractivity contribution in [1.29, 1.82) is 0 Å². The molecule has 0 heterocycles. The second-order valence-corrected chi connectivity index (χ2v) is 3.80. The molecule has 0 saturated heterocycles. The van der Waals surface area contributed by atoms with Crippen LogP contribution in [0.4, 0.5) is 9.59 Å². The molecule has 1 saturated carbocycles. The van der Waals surface area contributed by atoms with E-state index in [1.165, 1.54) is 0 Å². The number of carbonyl (C=O) groups excluding carboxylic acids is 4. The second-order valence-electron chi connectivity index (χ2n) is 3.80. The van der Waals surface area contributed by atoms with E-state index in [1.807, 2.05) is 10.6 Å². The molecule has 1 rings (SSSR count). The molecule has 6 amide bonds. The highest BCUT2D eigenvalue weighted by Crippen LogP contribution is 2.22. The average molecular weight is 241 g/mol. The molecule has 7 heteroatoms. The molecule has 0 aromatic rings. The van der Waals surface area contributed by atoms with E-state index in [-0.39, 0.29) is 18.9 Å². The maximum Gasteiger partial charge on any atom is 0.332 e. The Morgan fingerprint density at radius 2 is 1.41 bits per heavy atom. The predicted octanol–water partition coefficient (Wildman–Crippen LogP) is 0.353. The first kappa shape index (κ1) is 13.1. The zero-order chi connectivity index (χ0) is 12.7. The van der Waals surface area contributed by atoms with Gasteiger partial charge in [0, 0.05) is 6.04 Å². The number of nitrogens with zero attached hydrogens (tertiary/aromatic N) is 1. The first-order valence-electron chi connectivity index (χ1n) is 5.48. The minimum absolute atomic E-state index is 0.215. The van der Waals surface area contributed by atoms with Crippen LogP contribution in [0.2, 0.25) is 0 Å². The molecule has 0 aromatic heterocycles. The van der Waals surface area contributed by atoms with Gasteiger partial charge in [-0.1, -0.05) is 19.3 Å². The summed E-state index contributed by atoms with van der Waals surface area (Å²) in [6.07, 6.45) is 4.72. The van der Waals surface area contributed by atoms with Gasteiger partial charge in [-0.15, -0.1) is 0 Å². The quantitative estimate of drug-likeness (QED) is 0.697. The number of hydrogen-bond acceptors (Lipinski definition) is 4. The Morgan fingerprint density at radius 3 is 1.82 bits per heavy atom. The standard InChI is InChI=1S/C10H15N3O4/c14-6-11-9(16)13(10(17)12-7-15)8-4-2-1-3-5-8/h6-8H,1-5H2,(H,11,14,16)(H,12,15,17). The number of nitrogens with one attached hydrogen (secondary N) is 2. The molecule has 0 aliphatic heterocycles. The Morgan fingerprint density at radius 1 is 0.941 bits per heavy atom. The summed E-state index contributed by atoms with van der Waals surface area (Å²) in [6.45, 7) is 0. The summed E-state index contributed by atoms with van der Waals surface area (Å²) in [4.78, 5) is 44.5. The summed E-state index contributed by atoms with van der Waals surface area (Å²) < 4.78 is 0. The number of imide groups is 3. The SMILES string of the molecule is O=CNC(=O)N(C(=O)NC=O)C1CCCCC1. The molecular formula is C10H15N3O4. The molecule has 94 valence electrons. The maximum absolute atomic E-state index is 11.6. The average Bonchev–Trinajstić information content (AvgIpc) is 2.31. The number of amides is 6. The predicted molar refractivity (Wildman–Crippen MR) is 57.9 cm³/mol. The Bertz CT molecular complexity index is 291. The molecule has 17 heavy (non-hydrogen) atoms. The van der Waals surface area contributed by atoms with Crippen LogP contribution in [0.5, 0.6) is 0 Å². The van der Waals surface area contributed by atoms with E-state index >= 15 is 0 Å². The first-order valence-corrected chi connectivity index (χ1v) is 5.48. The third kappa shape index (κ3) is 3.54. The Labute approximate surface area is 98.5 Å². The van der Waals surface area contributed by atoms with Crippen molar-refractivity contribution < 1.29 is 19.2 Å². The molecule has 1 aliphatic carbocycles. The van der Waals surface area contributed by atoms with Crippen molar-refractivity contribution in [2.75, 3.05) is 0 Å². The van der Waals surface area contributed by atoms with Crippen LogP contribution in [0, 0.1) is 0 Å².